The third-order valence-electron chi connectivity index (χ3n) is 2.11. The van der Waals surface area contributed by atoms with E-state index in [1.54, 1.807) is 0 Å². The quantitative estimate of drug-likeness (QED) is 0.751. The van der Waals surface area contributed by atoms with Crippen LogP contribution in [0, 0.1) is 0 Å². The summed E-state index contributed by atoms with van der Waals surface area (Å²) in [6, 6.07) is 6.00. The Balaban J connectivity index is 2.08. The summed E-state index contributed by atoms with van der Waals surface area (Å²) in [4.78, 5) is 11.8. The van der Waals surface area contributed by atoms with Crippen LogP contribution in [-0.4, -0.2) is 36.0 Å². The molecule has 3 N–H and O–H groups in total. The second-order valence-electron chi connectivity index (χ2n) is 3.76. The standard InChI is InChI=1S/C10H11N5O3S/c1-19(17,18)14-8-4-2-7(3-5-8)10(16)12-9-6-11-15-13-9/h2-6,14H,1H3,(H2,11,12,13,15,16). The van der Waals surface area contributed by atoms with Gasteiger partial charge in [0, 0.05) is 11.3 Å². The van der Waals surface area contributed by atoms with Gasteiger partial charge in [-0.15, -0.1) is 5.10 Å². The van der Waals surface area contributed by atoms with E-state index in [-0.39, 0.29) is 5.91 Å². The predicted octanol–water partition coefficient (Wildman–Crippen LogP) is 0.428. The zero-order chi connectivity index (χ0) is 13.9. The van der Waals surface area contributed by atoms with Gasteiger partial charge in [0.05, 0.1) is 12.5 Å². The Morgan fingerprint density at radius 2 is 1.95 bits per heavy atom. The molecule has 0 radical (unpaired) electrons. The van der Waals surface area contributed by atoms with Crippen LogP contribution in [0.25, 0.3) is 0 Å². The summed E-state index contributed by atoms with van der Waals surface area (Å²) in [6.45, 7) is 0. The summed E-state index contributed by atoms with van der Waals surface area (Å²) in [5, 5.41) is 12.1. The van der Waals surface area contributed by atoms with Gasteiger partial charge in [-0.05, 0) is 24.3 Å². The lowest BCUT2D eigenvalue weighted by Crippen LogP contribution is -2.13. The number of rotatable bonds is 4. The molecule has 0 atom stereocenters. The van der Waals surface area contributed by atoms with Gasteiger partial charge in [0.2, 0.25) is 10.0 Å². The average molecular weight is 281 g/mol. The minimum absolute atomic E-state index is 0.309. The number of carbonyl (C=O) groups excluding carboxylic acids is 1. The van der Waals surface area contributed by atoms with Crippen LogP contribution in [0.15, 0.2) is 30.5 Å². The molecular weight excluding hydrogens is 270 g/mol. The largest absolute Gasteiger partial charge is 0.304 e. The van der Waals surface area contributed by atoms with Crippen LogP contribution >= 0.6 is 0 Å². The molecule has 8 nitrogen and oxygen atoms in total. The maximum absolute atomic E-state index is 11.8. The van der Waals surface area contributed by atoms with Gasteiger partial charge in [-0.25, -0.2) is 8.42 Å². The highest BCUT2D eigenvalue weighted by atomic mass is 32.2. The Morgan fingerprint density at radius 3 is 2.47 bits per heavy atom. The van der Waals surface area contributed by atoms with E-state index in [0.717, 1.165) is 6.26 Å². The minimum Gasteiger partial charge on any atom is -0.304 e. The van der Waals surface area contributed by atoms with Crippen LogP contribution in [0.5, 0.6) is 0 Å². The first-order valence-corrected chi connectivity index (χ1v) is 7.08. The van der Waals surface area contributed by atoms with Crippen molar-refractivity contribution in [3.05, 3.63) is 36.0 Å². The predicted molar refractivity (Wildman–Crippen MR) is 69.2 cm³/mol. The van der Waals surface area contributed by atoms with Crippen molar-refractivity contribution >= 4 is 27.4 Å². The van der Waals surface area contributed by atoms with E-state index in [1.807, 2.05) is 0 Å². The SMILES string of the molecule is CS(=O)(=O)Nc1ccc(C(=O)Nc2cn[nH]n2)cc1. The number of nitrogens with zero attached hydrogens (tertiary/aromatic N) is 2. The van der Waals surface area contributed by atoms with Gasteiger partial charge >= 0.3 is 0 Å². The van der Waals surface area contributed by atoms with Gasteiger partial charge in [0.25, 0.3) is 5.91 Å². The number of aromatic nitrogens is 3. The van der Waals surface area contributed by atoms with Crippen molar-refractivity contribution in [1.29, 1.82) is 0 Å². The number of hydrogen-bond acceptors (Lipinski definition) is 5. The molecule has 100 valence electrons. The lowest BCUT2D eigenvalue weighted by atomic mass is 10.2. The number of sulfonamides is 1. The van der Waals surface area contributed by atoms with Crippen molar-refractivity contribution in [3.8, 4) is 0 Å². The van der Waals surface area contributed by atoms with E-state index < -0.39 is 10.0 Å². The maximum Gasteiger partial charge on any atom is 0.256 e. The van der Waals surface area contributed by atoms with Crippen LogP contribution in [0.4, 0.5) is 11.5 Å². The highest BCUT2D eigenvalue weighted by molar-refractivity contribution is 7.92. The summed E-state index contributed by atoms with van der Waals surface area (Å²) in [5.41, 5.74) is 0.766. The van der Waals surface area contributed by atoms with Crippen molar-refractivity contribution in [2.45, 2.75) is 0 Å². The van der Waals surface area contributed by atoms with Gasteiger partial charge in [0.1, 0.15) is 0 Å². The molecule has 0 spiro atoms. The Bertz CT molecular complexity index is 664. The molecule has 0 fully saturated rings. The van der Waals surface area contributed by atoms with E-state index in [0.29, 0.717) is 17.1 Å². The van der Waals surface area contributed by atoms with Crippen molar-refractivity contribution in [2.24, 2.45) is 0 Å². The Hall–Kier alpha value is -2.42. The molecule has 0 unspecified atom stereocenters. The molecule has 2 rings (SSSR count). The smallest absolute Gasteiger partial charge is 0.256 e. The first-order valence-electron chi connectivity index (χ1n) is 5.19. The molecule has 2 aromatic rings. The molecule has 1 aromatic carbocycles. The lowest BCUT2D eigenvalue weighted by molar-refractivity contribution is 0.102. The zero-order valence-electron chi connectivity index (χ0n) is 9.91. The summed E-state index contributed by atoms with van der Waals surface area (Å²) < 4.78 is 24.3. The molecule has 0 aliphatic heterocycles. The molecule has 1 aromatic heterocycles. The minimum atomic E-state index is -3.32. The van der Waals surface area contributed by atoms with Gasteiger partial charge in [-0.2, -0.15) is 10.3 Å². The van der Waals surface area contributed by atoms with E-state index >= 15 is 0 Å². The number of H-pyrrole nitrogens is 1. The fourth-order valence-corrected chi connectivity index (χ4v) is 1.92. The Labute approximate surface area is 109 Å². The number of aromatic amines is 1. The second kappa shape index (κ2) is 5.06. The number of amides is 1. The number of benzene rings is 1. The highest BCUT2D eigenvalue weighted by Crippen LogP contribution is 2.12. The van der Waals surface area contributed by atoms with Crippen molar-refractivity contribution in [3.63, 3.8) is 0 Å². The molecule has 0 saturated heterocycles. The zero-order valence-corrected chi connectivity index (χ0v) is 10.7. The molecule has 0 aliphatic carbocycles. The summed E-state index contributed by atoms with van der Waals surface area (Å²) in [6.07, 6.45) is 2.43. The third kappa shape index (κ3) is 3.78. The topological polar surface area (TPSA) is 117 Å². The fourth-order valence-electron chi connectivity index (χ4n) is 1.35. The van der Waals surface area contributed by atoms with Gasteiger partial charge < -0.3 is 5.32 Å². The van der Waals surface area contributed by atoms with Crippen LogP contribution in [0.3, 0.4) is 0 Å². The Kier molecular flexibility index (Phi) is 3.47. The first-order chi connectivity index (χ1) is 8.94. The number of nitrogens with one attached hydrogen (secondary N) is 3. The summed E-state index contributed by atoms with van der Waals surface area (Å²) in [5.74, 6) is -0.0526. The first kappa shape index (κ1) is 13.0. The number of carbonyl (C=O) groups is 1. The summed E-state index contributed by atoms with van der Waals surface area (Å²) in [7, 11) is -3.32. The van der Waals surface area contributed by atoms with E-state index in [1.165, 1.54) is 30.5 Å². The molecule has 0 bridgehead atoms. The molecule has 19 heavy (non-hydrogen) atoms. The fraction of sp³-hybridized carbons (Fsp3) is 0.100. The van der Waals surface area contributed by atoms with Crippen LogP contribution in [0.2, 0.25) is 0 Å². The second-order valence-corrected chi connectivity index (χ2v) is 5.51. The monoisotopic (exact) mass is 281 g/mol. The molecular formula is C10H11N5O3S. The van der Waals surface area contributed by atoms with E-state index in [4.69, 9.17) is 0 Å². The van der Waals surface area contributed by atoms with Crippen molar-refractivity contribution in [2.75, 3.05) is 16.3 Å². The van der Waals surface area contributed by atoms with Gasteiger partial charge in [-0.1, -0.05) is 0 Å². The van der Waals surface area contributed by atoms with Crippen molar-refractivity contribution < 1.29 is 13.2 Å². The number of anilines is 2. The van der Waals surface area contributed by atoms with Gasteiger partial charge in [0.15, 0.2) is 5.82 Å². The third-order valence-corrected chi connectivity index (χ3v) is 2.71. The molecule has 0 aliphatic rings. The molecule has 9 heteroatoms. The normalized spacial score (nSPS) is 11.0. The summed E-state index contributed by atoms with van der Waals surface area (Å²) >= 11 is 0. The molecule has 1 heterocycles. The number of hydrogen-bond donors (Lipinski definition) is 3. The highest BCUT2D eigenvalue weighted by Gasteiger charge is 2.08. The molecule has 1 amide bonds. The van der Waals surface area contributed by atoms with E-state index in [9.17, 15) is 13.2 Å². The van der Waals surface area contributed by atoms with E-state index in [2.05, 4.69) is 25.4 Å². The molecule has 0 saturated carbocycles. The average Bonchev–Trinajstić information content (AvgIpc) is 2.80. The van der Waals surface area contributed by atoms with Crippen molar-refractivity contribution in [1.82, 2.24) is 15.4 Å². The van der Waals surface area contributed by atoms with Crippen LogP contribution in [-0.2, 0) is 10.0 Å². The Morgan fingerprint density at radius 1 is 1.26 bits per heavy atom. The lowest BCUT2D eigenvalue weighted by Gasteiger charge is -2.05. The van der Waals surface area contributed by atoms with Gasteiger partial charge in [-0.3, -0.25) is 9.52 Å². The van der Waals surface area contributed by atoms with Crippen LogP contribution in [0.1, 0.15) is 10.4 Å². The maximum atomic E-state index is 11.8. The van der Waals surface area contributed by atoms with Crippen LogP contribution < -0.4 is 10.0 Å².